The highest BCUT2D eigenvalue weighted by Crippen LogP contribution is 2.44. The number of carbonyl (C=O) groups is 1. The van der Waals surface area contributed by atoms with E-state index < -0.39 is 0 Å². The Hall–Kier alpha value is -1.96. The lowest BCUT2D eigenvalue weighted by Crippen LogP contribution is -1.96. The standard InChI is InChI=1S/C16H16N2O3S2/c1-8-6-9(7-20-2)12-13(17)14(23-15(12)18-8)10-4-5-11(22-10)16(19)21-3/h4-6H,7,17H2,1-3H3. The lowest BCUT2D eigenvalue weighted by molar-refractivity contribution is 0.0606. The summed E-state index contributed by atoms with van der Waals surface area (Å²) >= 11 is 2.90. The number of pyridine rings is 1. The summed E-state index contributed by atoms with van der Waals surface area (Å²) in [6.07, 6.45) is 0. The number of thiophene rings is 2. The van der Waals surface area contributed by atoms with Gasteiger partial charge in [0.25, 0.3) is 0 Å². The van der Waals surface area contributed by atoms with E-state index in [1.807, 2.05) is 19.1 Å². The van der Waals surface area contributed by atoms with E-state index in [0.29, 0.717) is 17.2 Å². The summed E-state index contributed by atoms with van der Waals surface area (Å²) in [4.78, 5) is 19.5. The summed E-state index contributed by atoms with van der Waals surface area (Å²) in [7, 11) is 3.03. The van der Waals surface area contributed by atoms with Crippen molar-refractivity contribution in [1.29, 1.82) is 0 Å². The zero-order valence-electron chi connectivity index (χ0n) is 13.0. The molecule has 7 heteroatoms. The number of fused-ring (bicyclic) bond motifs is 1. The van der Waals surface area contributed by atoms with Crippen LogP contribution in [0.15, 0.2) is 18.2 Å². The first-order valence-electron chi connectivity index (χ1n) is 6.91. The summed E-state index contributed by atoms with van der Waals surface area (Å²) in [5, 5.41) is 0.936. The molecule has 0 aliphatic heterocycles. The fourth-order valence-corrected chi connectivity index (χ4v) is 4.69. The first kappa shape index (κ1) is 15.9. The average molecular weight is 348 g/mol. The number of esters is 1. The third-order valence-corrected chi connectivity index (χ3v) is 5.77. The summed E-state index contributed by atoms with van der Waals surface area (Å²) in [5.74, 6) is -0.338. The quantitative estimate of drug-likeness (QED) is 0.725. The monoisotopic (exact) mass is 348 g/mol. The maximum atomic E-state index is 11.6. The molecule has 23 heavy (non-hydrogen) atoms. The number of aromatic nitrogens is 1. The van der Waals surface area contributed by atoms with Crippen molar-refractivity contribution in [3.63, 3.8) is 0 Å². The minimum atomic E-state index is -0.338. The van der Waals surface area contributed by atoms with Crippen LogP contribution in [0.25, 0.3) is 20.0 Å². The largest absolute Gasteiger partial charge is 0.465 e. The fraction of sp³-hybridized carbons (Fsp3) is 0.250. The van der Waals surface area contributed by atoms with Crippen LogP contribution in [-0.2, 0) is 16.1 Å². The Morgan fingerprint density at radius 1 is 1.30 bits per heavy atom. The second-order valence-corrected chi connectivity index (χ2v) is 7.12. The lowest BCUT2D eigenvalue weighted by Gasteiger charge is -2.04. The fourth-order valence-electron chi connectivity index (χ4n) is 2.46. The molecule has 0 aliphatic carbocycles. The number of ether oxygens (including phenoxy) is 2. The molecule has 3 heterocycles. The topological polar surface area (TPSA) is 74.4 Å². The molecule has 120 valence electrons. The molecule has 5 nitrogen and oxygen atoms in total. The van der Waals surface area contributed by atoms with Gasteiger partial charge in [0.15, 0.2) is 0 Å². The summed E-state index contributed by atoms with van der Waals surface area (Å²) in [6.45, 7) is 2.44. The van der Waals surface area contributed by atoms with E-state index in [1.54, 1.807) is 13.2 Å². The molecular weight excluding hydrogens is 332 g/mol. The van der Waals surface area contributed by atoms with Gasteiger partial charge in [0, 0.05) is 23.1 Å². The molecule has 0 aromatic carbocycles. The van der Waals surface area contributed by atoms with Crippen LogP contribution in [-0.4, -0.2) is 25.2 Å². The highest BCUT2D eigenvalue weighted by molar-refractivity contribution is 7.27. The minimum Gasteiger partial charge on any atom is -0.465 e. The molecule has 2 N–H and O–H groups in total. The Kier molecular flexibility index (Phi) is 4.34. The van der Waals surface area contributed by atoms with Gasteiger partial charge in [-0.1, -0.05) is 0 Å². The Morgan fingerprint density at radius 2 is 2.09 bits per heavy atom. The smallest absolute Gasteiger partial charge is 0.348 e. The number of anilines is 1. The molecule has 0 saturated heterocycles. The van der Waals surface area contributed by atoms with Gasteiger partial charge >= 0.3 is 5.97 Å². The molecule has 0 bridgehead atoms. The van der Waals surface area contributed by atoms with Gasteiger partial charge in [-0.25, -0.2) is 9.78 Å². The number of nitrogens with two attached hydrogens (primary N) is 1. The van der Waals surface area contributed by atoms with E-state index in [9.17, 15) is 4.79 Å². The van der Waals surface area contributed by atoms with E-state index in [1.165, 1.54) is 29.8 Å². The summed E-state index contributed by atoms with van der Waals surface area (Å²) in [5.41, 5.74) is 9.02. The van der Waals surface area contributed by atoms with Crippen LogP contribution in [0, 0.1) is 6.92 Å². The Labute approximate surface area is 141 Å². The highest BCUT2D eigenvalue weighted by Gasteiger charge is 2.19. The molecule has 3 aromatic rings. The van der Waals surface area contributed by atoms with E-state index in [0.717, 1.165) is 31.2 Å². The van der Waals surface area contributed by atoms with Crippen molar-refractivity contribution in [1.82, 2.24) is 4.98 Å². The molecule has 0 unspecified atom stereocenters. The average Bonchev–Trinajstić information content (AvgIpc) is 3.12. The van der Waals surface area contributed by atoms with Crippen LogP contribution in [0.1, 0.15) is 20.9 Å². The molecule has 0 aliphatic rings. The lowest BCUT2D eigenvalue weighted by atomic mass is 10.1. The van der Waals surface area contributed by atoms with E-state index in [4.69, 9.17) is 15.2 Å². The number of hydrogen-bond acceptors (Lipinski definition) is 7. The van der Waals surface area contributed by atoms with Gasteiger partial charge in [-0.15, -0.1) is 22.7 Å². The first-order chi connectivity index (χ1) is 11.0. The zero-order chi connectivity index (χ0) is 16.6. The van der Waals surface area contributed by atoms with Gasteiger partial charge in [-0.05, 0) is 30.7 Å². The SMILES string of the molecule is COCc1cc(C)nc2sc(-c3ccc(C(=O)OC)s3)c(N)c12. The van der Waals surface area contributed by atoms with Crippen molar-refractivity contribution in [2.24, 2.45) is 0 Å². The number of hydrogen-bond donors (Lipinski definition) is 1. The van der Waals surface area contributed by atoms with Crippen LogP contribution in [0.5, 0.6) is 0 Å². The van der Waals surface area contributed by atoms with Crippen molar-refractivity contribution in [2.45, 2.75) is 13.5 Å². The number of nitrogens with zero attached hydrogens (tertiary/aromatic N) is 1. The minimum absolute atomic E-state index is 0.338. The van der Waals surface area contributed by atoms with Crippen molar-refractivity contribution >= 4 is 44.5 Å². The van der Waals surface area contributed by atoms with Crippen LogP contribution >= 0.6 is 22.7 Å². The Bertz CT molecular complexity index is 883. The van der Waals surface area contributed by atoms with Gasteiger partial charge in [-0.2, -0.15) is 0 Å². The highest BCUT2D eigenvalue weighted by atomic mass is 32.1. The maximum Gasteiger partial charge on any atom is 0.348 e. The predicted octanol–water partition coefficient (Wildman–Crippen LogP) is 3.85. The molecule has 0 saturated carbocycles. The molecule has 3 rings (SSSR count). The first-order valence-corrected chi connectivity index (χ1v) is 8.54. The van der Waals surface area contributed by atoms with Gasteiger partial charge < -0.3 is 15.2 Å². The van der Waals surface area contributed by atoms with Crippen LogP contribution in [0.4, 0.5) is 5.69 Å². The van der Waals surface area contributed by atoms with Gasteiger partial charge in [0.2, 0.25) is 0 Å². The van der Waals surface area contributed by atoms with Gasteiger partial charge in [0.1, 0.15) is 9.71 Å². The van der Waals surface area contributed by atoms with Crippen molar-refractivity contribution in [3.8, 4) is 9.75 Å². The van der Waals surface area contributed by atoms with Crippen LogP contribution in [0.2, 0.25) is 0 Å². The molecule has 0 radical (unpaired) electrons. The Balaban J connectivity index is 2.15. The van der Waals surface area contributed by atoms with Crippen molar-refractivity contribution in [2.75, 3.05) is 20.0 Å². The summed E-state index contributed by atoms with van der Waals surface area (Å²) in [6, 6.07) is 5.64. The third-order valence-electron chi connectivity index (χ3n) is 3.42. The van der Waals surface area contributed by atoms with E-state index in [2.05, 4.69) is 4.98 Å². The third kappa shape index (κ3) is 2.83. The second kappa shape index (κ2) is 6.27. The predicted molar refractivity (Wildman–Crippen MR) is 94.1 cm³/mol. The van der Waals surface area contributed by atoms with Crippen molar-refractivity contribution in [3.05, 3.63) is 34.3 Å². The zero-order valence-corrected chi connectivity index (χ0v) is 14.6. The van der Waals surface area contributed by atoms with E-state index >= 15 is 0 Å². The molecule has 3 aromatic heterocycles. The maximum absolute atomic E-state index is 11.6. The van der Waals surface area contributed by atoms with Gasteiger partial charge in [-0.3, -0.25) is 0 Å². The normalized spacial score (nSPS) is 11.1. The van der Waals surface area contributed by atoms with Crippen LogP contribution < -0.4 is 5.73 Å². The van der Waals surface area contributed by atoms with Gasteiger partial charge in [0.05, 0.1) is 24.3 Å². The molecule has 0 fully saturated rings. The molecule has 0 amide bonds. The number of carbonyl (C=O) groups excluding carboxylic acids is 1. The molecular formula is C16H16N2O3S2. The number of rotatable bonds is 4. The number of aryl methyl sites for hydroxylation is 1. The van der Waals surface area contributed by atoms with E-state index in [-0.39, 0.29) is 5.97 Å². The van der Waals surface area contributed by atoms with Crippen molar-refractivity contribution < 1.29 is 14.3 Å². The van der Waals surface area contributed by atoms with Crippen LogP contribution in [0.3, 0.4) is 0 Å². The molecule has 0 atom stereocenters. The number of nitrogen functional groups attached to an aromatic ring is 1. The second-order valence-electron chi connectivity index (χ2n) is 5.04. The summed E-state index contributed by atoms with van der Waals surface area (Å²) < 4.78 is 10.0. The Morgan fingerprint density at radius 3 is 2.78 bits per heavy atom. The molecule has 0 spiro atoms. The number of methoxy groups -OCH3 is 2.